The largest absolute Gasteiger partial charge is 0.374 e. The monoisotopic (exact) mass is 326 g/mol. The molecule has 122 valence electrons. The Morgan fingerprint density at radius 1 is 1.32 bits per heavy atom. The average Bonchev–Trinajstić information content (AvgIpc) is 2.98. The van der Waals surface area contributed by atoms with Crippen molar-refractivity contribution in [1.82, 2.24) is 20.4 Å². The average molecular weight is 327 g/mol. The first kappa shape index (κ1) is 15.8. The number of carbonyl (C=O) groups excluding carboxylic acids is 1. The minimum Gasteiger partial charge on any atom is -0.374 e. The lowest BCUT2D eigenvalue weighted by Gasteiger charge is -2.43. The van der Waals surface area contributed by atoms with Gasteiger partial charge in [0.15, 0.2) is 5.69 Å². The van der Waals surface area contributed by atoms with Gasteiger partial charge in [0.1, 0.15) is 0 Å². The number of fused-ring (bicyclic) bond motifs is 2. The number of ether oxygens (including phenoxy) is 1. The highest BCUT2D eigenvalue weighted by Crippen LogP contribution is 2.30. The number of halogens is 1. The molecule has 1 amide bonds. The minimum atomic E-state index is 0. The van der Waals surface area contributed by atoms with Crippen molar-refractivity contribution in [2.24, 2.45) is 0 Å². The Morgan fingerprint density at radius 3 is 3.09 bits per heavy atom. The van der Waals surface area contributed by atoms with Crippen LogP contribution >= 0.6 is 12.4 Å². The Hall–Kier alpha value is -1.11. The van der Waals surface area contributed by atoms with Crippen LogP contribution in [0.3, 0.4) is 0 Å². The quantitative estimate of drug-likeness (QED) is 0.815. The molecule has 0 radical (unpaired) electrons. The zero-order valence-electron chi connectivity index (χ0n) is 12.6. The lowest BCUT2D eigenvalue weighted by molar-refractivity contribution is -0.0754. The Morgan fingerprint density at radius 2 is 2.18 bits per heavy atom. The fraction of sp³-hybridized carbons (Fsp3) is 0.733. The first-order valence-corrected chi connectivity index (χ1v) is 8.04. The van der Waals surface area contributed by atoms with Gasteiger partial charge < -0.3 is 15.0 Å². The molecular formula is C15H23ClN4O2. The van der Waals surface area contributed by atoms with Crippen molar-refractivity contribution < 1.29 is 9.53 Å². The molecule has 2 aliphatic heterocycles. The first-order chi connectivity index (χ1) is 10.3. The number of rotatable bonds is 1. The van der Waals surface area contributed by atoms with Crippen LogP contribution < -0.4 is 5.32 Å². The summed E-state index contributed by atoms with van der Waals surface area (Å²) in [6.07, 6.45) is 5.68. The number of aromatic amines is 1. The molecule has 0 aromatic carbocycles. The standard InChI is InChI=1S/C15H22N4O2.ClH/c20-15(14-10-9-16-6-5-11(10)17-18-14)19-7-8-21-13-4-2-1-3-12(13)19;/h12-13,16H,1-9H2,(H,17,18);1H. The second kappa shape index (κ2) is 6.56. The molecule has 1 saturated heterocycles. The number of hydrogen-bond donors (Lipinski definition) is 2. The second-order valence-electron chi connectivity index (χ2n) is 6.22. The van der Waals surface area contributed by atoms with Gasteiger partial charge in [-0.2, -0.15) is 5.10 Å². The molecule has 1 aromatic heterocycles. The normalized spacial score (nSPS) is 27.5. The molecule has 6 nitrogen and oxygen atoms in total. The number of H-pyrrole nitrogens is 1. The molecular weight excluding hydrogens is 304 g/mol. The smallest absolute Gasteiger partial charge is 0.275 e. The number of carbonyl (C=O) groups is 1. The van der Waals surface area contributed by atoms with Gasteiger partial charge >= 0.3 is 0 Å². The highest BCUT2D eigenvalue weighted by atomic mass is 35.5. The summed E-state index contributed by atoms with van der Waals surface area (Å²) in [6.45, 7) is 3.03. The molecule has 3 aliphatic rings. The third kappa shape index (κ3) is 2.64. The van der Waals surface area contributed by atoms with E-state index in [0.29, 0.717) is 18.8 Å². The summed E-state index contributed by atoms with van der Waals surface area (Å²) in [5, 5.41) is 10.7. The molecule has 1 aliphatic carbocycles. The van der Waals surface area contributed by atoms with Crippen LogP contribution in [0.2, 0.25) is 0 Å². The Bertz CT molecular complexity index is 546. The van der Waals surface area contributed by atoms with Crippen molar-refractivity contribution in [2.75, 3.05) is 19.7 Å². The lowest BCUT2D eigenvalue weighted by atomic mass is 9.89. The van der Waals surface area contributed by atoms with Gasteiger partial charge in [0, 0.05) is 37.3 Å². The second-order valence-corrected chi connectivity index (χ2v) is 6.22. The summed E-state index contributed by atoms with van der Waals surface area (Å²) >= 11 is 0. The van der Waals surface area contributed by atoms with Crippen molar-refractivity contribution in [2.45, 2.75) is 50.8 Å². The fourth-order valence-electron chi connectivity index (χ4n) is 3.89. The fourth-order valence-corrected chi connectivity index (χ4v) is 3.89. The number of nitrogens with zero attached hydrogens (tertiary/aromatic N) is 2. The summed E-state index contributed by atoms with van der Waals surface area (Å²) in [5.41, 5.74) is 2.79. The number of nitrogens with one attached hydrogen (secondary N) is 2. The Kier molecular flexibility index (Phi) is 4.70. The summed E-state index contributed by atoms with van der Waals surface area (Å²) in [5.74, 6) is 0.0800. The zero-order chi connectivity index (χ0) is 14.2. The summed E-state index contributed by atoms with van der Waals surface area (Å²) in [7, 11) is 0. The van der Waals surface area contributed by atoms with Gasteiger partial charge in [0.2, 0.25) is 0 Å². The van der Waals surface area contributed by atoms with Crippen molar-refractivity contribution >= 4 is 18.3 Å². The number of morpholine rings is 1. The van der Waals surface area contributed by atoms with E-state index in [2.05, 4.69) is 15.5 Å². The molecule has 0 bridgehead atoms. The molecule has 1 aromatic rings. The zero-order valence-corrected chi connectivity index (χ0v) is 13.5. The lowest BCUT2D eigenvalue weighted by Crippen LogP contribution is -2.55. The maximum atomic E-state index is 12.9. The summed E-state index contributed by atoms with van der Waals surface area (Å²) < 4.78 is 5.86. The van der Waals surface area contributed by atoms with Crippen LogP contribution in [0.4, 0.5) is 0 Å². The first-order valence-electron chi connectivity index (χ1n) is 8.04. The van der Waals surface area contributed by atoms with Crippen molar-refractivity contribution in [3.05, 3.63) is 17.0 Å². The van der Waals surface area contributed by atoms with E-state index in [0.717, 1.165) is 43.6 Å². The van der Waals surface area contributed by atoms with E-state index in [1.54, 1.807) is 0 Å². The predicted molar refractivity (Wildman–Crippen MR) is 84.3 cm³/mol. The van der Waals surface area contributed by atoms with Crippen LogP contribution in [0.1, 0.15) is 47.4 Å². The van der Waals surface area contributed by atoms with Gasteiger partial charge in [-0.15, -0.1) is 12.4 Å². The molecule has 2 atom stereocenters. The number of aromatic nitrogens is 2. The van der Waals surface area contributed by atoms with Gasteiger partial charge in [-0.05, 0) is 12.8 Å². The maximum absolute atomic E-state index is 12.9. The van der Waals surface area contributed by atoms with Gasteiger partial charge in [-0.25, -0.2) is 0 Å². The summed E-state index contributed by atoms with van der Waals surface area (Å²) in [6, 6.07) is 0.240. The van der Waals surface area contributed by atoms with E-state index >= 15 is 0 Å². The maximum Gasteiger partial charge on any atom is 0.275 e. The molecule has 3 heterocycles. The van der Waals surface area contributed by atoms with E-state index in [1.807, 2.05) is 4.90 Å². The predicted octanol–water partition coefficient (Wildman–Crippen LogP) is 1.26. The van der Waals surface area contributed by atoms with Crippen LogP contribution in [-0.4, -0.2) is 52.8 Å². The van der Waals surface area contributed by atoms with E-state index < -0.39 is 0 Å². The third-order valence-corrected chi connectivity index (χ3v) is 5.00. The van der Waals surface area contributed by atoms with Gasteiger partial charge in [-0.1, -0.05) is 12.8 Å². The highest BCUT2D eigenvalue weighted by molar-refractivity contribution is 5.94. The van der Waals surface area contributed by atoms with E-state index in [-0.39, 0.29) is 30.5 Å². The molecule has 4 rings (SSSR count). The molecule has 0 spiro atoms. The van der Waals surface area contributed by atoms with Crippen LogP contribution in [0.5, 0.6) is 0 Å². The Labute approximate surface area is 136 Å². The van der Waals surface area contributed by atoms with Crippen molar-refractivity contribution in [1.29, 1.82) is 0 Å². The van der Waals surface area contributed by atoms with E-state index in [1.165, 1.54) is 12.8 Å². The molecule has 2 fully saturated rings. The van der Waals surface area contributed by atoms with Gasteiger partial charge in [0.05, 0.1) is 18.8 Å². The van der Waals surface area contributed by atoms with Crippen LogP contribution in [0, 0.1) is 0 Å². The van der Waals surface area contributed by atoms with Gasteiger partial charge in [0.25, 0.3) is 5.91 Å². The van der Waals surface area contributed by atoms with Crippen LogP contribution in [0.25, 0.3) is 0 Å². The number of amides is 1. The summed E-state index contributed by atoms with van der Waals surface area (Å²) in [4.78, 5) is 15.0. The van der Waals surface area contributed by atoms with Crippen LogP contribution in [0.15, 0.2) is 0 Å². The third-order valence-electron chi connectivity index (χ3n) is 5.00. The van der Waals surface area contributed by atoms with E-state index in [4.69, 9.17) is 4.74 Å². The molecule has 2 N–H and O–H groups in total. The molecule has 2 unspecified atom stereocenters. The van der Waals surface area contributed by atoms with Crippen molar-refractivity contribution in [3.63, 3.8) is 0 Å². The minimum absolute atomic E-state index is 0. The van der Waals surface area contributed by atoms with Gasteiger partial charge in [-0.3, -0.25) is 9.89 Å². The number of hydrogen-bond acceptors (Lipinski definition) is 4. The molecule has 22 heavy (non-hydrogen) atoms. The highest BCUT2D eigenvalue weighted by Gasteiger charge is 2.38. The molecule has 1 saturated carbocycles. The van der Waals surface area contributed by atoms with E-state index in [9.17, 15) is 4.79 Å². The Balaban J connectivity index is 0.00000144. The molecule has 7 heteroatoms. The SMILES string of the molecule is Cl.O=C(c1n[nH]c2c1CNCC2)N1CCOC2CCCCC21. The topological polar surface area (TPSA) is 70.2 Å². The van der Waals surface area contributed by atoms with Crippen molar-refractivity contribution in [3.8, 4) is 0 Å². The van der Waals surface area contributed by atoms with Crippen LogP contribution in [-0.2, 0) is 17.7 Å².